The van der Waals surface area contributed by atoms with E-state index in [9.17, 15) is 4.79 Å². The van der Waals surface area contributed by atoms with E-state index in [1.165, 1.54) is 6.08 Å². The molecule has 0 bridgehead atoms. The number of allylic oxidation sites excluding steroid dienone is 3. The summed E-state index contributed by atoms with van der Waals surface area (Å²) in [5.41, 5.74) is 2.48. The van der Waals surface area contributed by atoms with Crippen LogP contribution in [0.3, 0.4) is 0 Å². The number of nitrogens with one attached hydrogen (secondary N) is 1. The van der Waals surface area contributed by atoms with E-state index in [4.69, 9.17) is 5.11 Å². The third-order valence-corrected chi connectivity index (χ3v) is 2.29. The monoisotopic (exact) mass is 231 g/mol. The van der Waals surface area contributed by atoms with Crippen molar-refractivity contribution in [3.05, 3.63) is 53.6 Å². The smallest absolute Gasteiger partial charge is 0.248 e. The van der Waals surface area contributed by atoms with E-state index >= 15 is 0 Å². The lowest BCUT2D eigenvalue weighted by atomic mass is 10.1. The molecule has 0 atom stereocenters. The van der Waals surface area contributed by atoms with Gasteiger partial charge in [-0.15, -0.1) is 0 Å². The highest BCUT2D eigenvalue weighted by molar-refractivity contribution is 5.99. The predicted octanol–water partition coefficient (Wildman–Crippen LogP) is 2.56. The van der Waals surface area contributed by atoms with E-state index in [1.807, 2.05) is 32.1 Å². The number of hydrogen-bond donors (Lipinski definition) is 2. The highest BCUT2D eigenvalue weighted by atomic mass is 16.3. The number of carbonyl (C=O) groups excluding carboxylic acids is 1. The first kappa shape index (κ1) is 13.2. The van der Waals surface area contributed by atoms with Crippen LogP contribution < -0.4 is 5.32 Å². The van der Waals surface area contributed by atoms with Gasteiger partial charge in [0.05, 0.1) is 6.61 Å². The Kier molecular flexibility index (Phi) is 5.17. The predicted molar refractivity (Wildman–Crippen MR) is 69.7 cm³/mol. The molecule has 0 aliphatic rings. The number of aliphatic hydroxyl groups is 1. The molecule has 1 rings (SSSR count). The molecule has 2 N–H and O–H groups in total. The number of benzene rings is 1. The zero-order valence-electron chi connectivity index (χ0n) is 10.1. The average molecular weight is 231 g/mol. The standard InChI is InChI=1S/C14H17NO2/c1-3-4-5-6-14(17)15-13-9-12(10-16)8-7-11(13)2/h3-9,16H,10H2,1-2H3,(H,15,17). The van der Waals surface area contributed by atoms with Crippen LogP contribution in [0.25, 0.3) is 0 Å². The van der Waals surface area contributed by atoms with Gasteiger partial charge in [0, 0.05) is 11.8 Å². The average Bonchev–Trinajstić information content (AvgIpc) is 2.32. The van der Waals surface area contributed by atoms with Crippen molar-refractivity contribution < 1.29 is 9.90 Å². The molecule has 0 radical (unpaired) electrons. The molecule has 0 heterocycles. The zero-order valence-corrected chi connectivity index (χ0v) is 10.1. The molecule has 0 saturated heterocycles. The van der Waals surface area contributed by atoms with E-state index < -0.39 is 0 Å². The largest absolute Gasteiger partial charge is 0.392 e. The number of hydrogen-bond acceptors (Lipinski definition) is 2. The molecular weight excluding hydrogens is 214 g/mol. The summed E-state index contributed by atoms with van der Waals surface area (Å²) in [6.07, 6.45) is 6.78. The van der Waals surface area contributed by atoms with Crippen LogP contribution in [0.5, 0.6) is 0 Å². The Morgan fingerprint density at radius 3 is 2.82 bits per heavy atom. The second-order valence-electron chi connectivity index (χ2n) is 3.68. The quantitative estimate of drug-likeness (QED) is 0.618. The van der Waals surface area contributed by atoms with Gasteiger partial charge in [0.1, 0.15) is 0 Å². The van der Waals surface area contributed by atoms with Gasteiger partial charge in [-0.25, -0.2) is 0 Å². The molecule has 0 aromatic heterocycles. The van der Waals surface area contributed by atoms with E-state index in [0.29, 0.717) is 0 Å². The van der Waals surface area contributed by atoms with Gasteiger partial charge in [-0.1, -0.05) is 30.4 Å². The number of aryl methyl sites for hydroxylation is 1. The van der Waals surface area contributed by atoms with Gasteiger partial charge in [-0.3, -0.25) is 4.79 Å². The first-order valence-corrected chi connectivity index (χ1v) is 5.48. The van der Waals surface area contributed by atoms with E-state index in [-0.39, 0.29) is 12.5 Å². The second-order valence-corrected chi connectivity index (χ2v) is 3.68. The highest BCUT2D eigenvalue weighted by Crippen LogP contribution is 2.16. The maximum atomic E-state index is 11.5. The summed E-state index contributed by atoms with van der Waals surface area (Å²) in [4.78, 5) is 11.5. The van der Waals surface area contributed by atoms with Gasteiger partial charge < -0.3 is 10.4 Å². The van der Waals surface area contributed by atoms with Crippen LogP contribution in [-0.2, 0) is 11.4 Å². The molecule has 3 heteroatoms. The lowest BCUT2D eigenvalue weighted by molar-refractivity contribution is -0.111. The van der Waals surface area contributed by atoms with E-state index in [2.05, 4.69) is 5.32 Å². The van der Waals surface area contributed by atoms with Crippen LogP contribution in [0.15, 0.2) is 42.5 Å². The minimum atomic E-state index is -0.179. The van der Waals surface area contributed by atoms with Crippen LogP contribution in [0, 0.1) is 6.92 Å². The fraction of sp³-hybridized carbons (Fsp3) is 0.214. The Morgan fingerprint density at radius 2 is 2.18 bits per heavy atom. The summed E-state index contributed by atoms with van der Waals surface area (Å²) in [6, 6.07) is 5.48. The van der Waals surface area contributed by atoms with Crippen molar-refractivity contribution in [3.63, 3.8) is 0 Å². The van der Waals surface area contributed by atoms with E-state index in [0.717, 1.165) is 16.8 Å². The number of carbonyl (C=O) groups is 1. The molecule has 1 aromatic rings. The van der Waals surface area contributed by atoms with Gasteiger partial charge in [-0.05, 0) is 31.0 Å². The molecule has 0 aliphatic heterocycles. The first-order valence-electron chi connectivity index (χ1n) is 5.48. The lowest BCUT2D eigenvalue weighted by Gasteiger charge is -2.07. The normalized spacial score (nSPS) is 11.2. The Morgan fingerprint density at radius 1 is 1.41 bits per heavy atom. The van der Waals surface area contributed by atoms with Crippen LogP contribution in [0.2, 0.25) is 0 Å². The minimum Gasteiger partial charge on any atom is -0.392 e. The van der Waals surface area contributed by atoms with Crippen LogP contribution in [-0.4, -0.2) is 11.0 Å². The highest BCUT2D eigenvalue weighted by Gasteiger charge is 2.02. The van der Waals surface area contributed by atoms with Crippen molar-refractivity contribution >= 4 is 11.6 Å². The molecule has 1 amide bonds. The summed E-state index contributed by atoms with van der Waals surface area (Å²) >= 11 is 0. The topological polar surface area (TPSA) is 49.3 Å². The molecule has 0 unspecified atom stereocenters. The molecule has 0 fully saturated rings. The number of anilines is 1. The van der Waals surface area contributed by atoms with Crippen LogP contribution >= 0.6 is 0 Å². The molecule has 0 aliphatic carbocycles. The molecule has 1 aromatic carbocycles. The molecule has 0 saturated carbocycles. The van der Waals surface area contributed by atoms with Crippen molar-refractivity contribution in [3.8, 4) is 0 Å². The molecule has 90 valence electrons. The molecule has 3 nitrogen and oxygen atoms in total. The number of rotatable bonds is 4. The fourth-order valence-corrected chi connectivity index (χ4v) is 1.33. The zero-order chi connectivity index (χ0) is 12.7. The molecule has 17 heavy (non-hydrogen) atoms. The number of amides is 1. The van der Waals surface area contributed by atoms with Gasteiger partial charge in [0.25, 0.3) is 0 Å². The van der Waals surface area contributed by atoms with Gasteiger partial charge in [-0.2, -0.15) is 0 Å². The lowest BCUT2D eigenvalue weighted by Crippen LogP contribution is -2.09. The molecular formula is C14H17NO2. The maximum Gasteiger partial charge on any atom is 0.248 e. The summed E-state index contributed by atoms with van der Waals surface area (Å²) < 4.78 is 0. The maximum absolute atomic E-state index is 11.5. The van der Waals surface area contributed by atoms with Crippen molar-refractivity contribution in [1.82, 2.24) is 0 Å². The SMILES string of the molecule is CC=CC=CC(=O)Nc1cc(CO)ccc1C. The summed E-state index contributed by atoms with van der Waals surface area (Å²) in [5, 5.41) is 11.8. The molecule has 0 spiro atoms. The minimum absolute atomic E-state index is 0.0302. The summed E-state index contributed by atoms with van der Waals surface area (Å²) in [6.45, 7) is 3.76. The van der Waals surface area contributed by atoms with Gasteiger partial charge in [0.2, 0.25) is 5.91 Å². The second kappa shape index (κ2) is 6.66. The Bertz CT molecular complexity index is 448. The van der Waals surface area contributed by atoms with Crippen molar-refractivity contribution in [2.75, 3.05) is 5.32 Å². The third-order valence-electron chi connectivity index (χ3n) is 2.29. The van der Waals surface area contributed by atoms with Crippen LogP contribution in [0.4, 0.5) is 5.69 Å². The van der Waals surface area contributed by atoms with Gasteiger partial charge in [0.15, 0.2) is 0 Å². The Labute approximate surface area is 101 Å². The Balaban J connectivity index is 2.77. The third kappa shape index (κ3) is 4.25. The summed E-state index contributed by atoms with van der Waals surface area (Å²) in [5.74, 6) is -0.179. The van der Waals surface area contributed by atoms with Crippen LogP contribution in [0.1, 0.15) is 18.1 Å². The summed E-state index contributed by atoms with van der Waals surface area (Å²) in [7, 11) is 0. The number of aliphatic hydroxyl groups excluding tert-OH is 1. The van der Waals surface area contributed by atoms with Gasteiger partial charge >= 0.3 is 0 Å². The van der Waals surface area contributed by atoms with E-state index in [1.54, 1.807) is 18.2 Å². The Hall–Kier alpha value is -1.87. The van der Waals surface area contributed by atoms with Crippen molar-refractivity contribution in [1.29, 1.82) is 0 Å². The van der Waals surface area contributed by atoms with Crippen molar-refractivity contribution in [2.45, 2.75) is 20.5 Å². The van der Waals surface area contributed by atoms with Crippen molar-refractivity contribution in [2.24, 2.45) is 0 Å². The first-order chi connectivity index (χ1) is 8.17. The fourth-order valence-electron chi connectivity index (χ4n) is 1.33.